The summed E-state index contributed by atoms with van der Waals surface area (Å²) in [6.07, 6.45) is 0.546. The standard InChI is InChI=1S/C18H23N3O3S2/c1-12(22)19-17-20-15-9-10-21(11-16(15)25-17)26(23,24)14-7-5-13(6-8-14)18(2,3)4/h5-8H,9-11H2,1-4H3,(H,19,20,22). The number of nitrogens with zero attached hydrogens (tertiary/aromatic N) is 2. The Morgan fingerprint density at radius 2 is 1.88 bits per heavy atom. The minimum atomic E-state index is -3.56. The summed E-state index contributed by atoms with van der Waals surface area (Å²) in [4.78, 5) is 16.8. The molecule has 0 saturated carbocycles. The molecule has 2 aromatic rings. The number of aromatic nitrogens is 1. The van der Waals surface area contributed by atoms with Crippen LogP contribution < -0.4 is 5.32 Å². The Morgan fingerprint density at radius 3 is 2.46 bits per heavy atom. The second kappa shape index (κ2) is 6.75. The minimum absolute atomic E-state index is 0.0227. The van der Waals surface area contributed by atoms with Crippen LogP contribution in [0.2, 0.25) is 0 Å². The number of carbonyl (C=O) groups excluding carboxylic acids is 1. The van der Waals surface area contributed by atoms with E-state index in [2.05, 4.69) is 31.1 Å². The Morgan fingerprint density at radius 1 is 1.23 bits per heavy atom. The SMILES string of the molecule is CC(=O)Nc1nc2c(s1)CN(S(=O)(=O)c1ccc(C(C)(C)C)cc1)CC2. The summed E-state index contributed by atoms with van der Waals surface area (Å²) in [5.74, 6) is -0.181. The van der Waals surface area contributed by atoms with Gasteiger partial charge in [0.2, 0.25) is 15.9 Å². The molecule has 1 aliphatic heterocycles. The Bertz CT molecular complexity index is 926. The fourth-order valence-electron chi connectivity index (χ4n) is 2.86. The molecule has 1 aliphatic rings. The highest BCUT2D eigenvalue weighted by atomic mass is 32.2. The van der Waals surface area contributed by atoms with Gasteiger partial charge in [-0.3, -0.25) is 4.79 Å². The highest BCUT2D eigenvalue weighted by Gasteiger charge is 2.30. The molecule has 3 rings (SSSR count). The maximum Gasteiger partial charge on any atom is 0.243 e. The first-order valence-corrected chi connectivity index (χ1v) is 10.7. The summed E-state index contributed by atoms with van der Waals surface area (Å²) in [5.41, 5.74) is 1.94. The fourth-order valence-corrected chi connectivity index (χ4v) is 5.42. The summed E-state index contributed by atoms with van der Waals surface area (Å²) >= 11 is 1.34. The minimum Gasteiger partial charge on any atom is -0.302 e. The van der Waals surface area contributed by atoms with Crippen molar-refractivity contribution in [2.24, 2.45) is 0 Å². The highest BCUT2D eigenvalue weighted by Crippen LogP contribution is 2.31. The number of rotatable bonds is 3. The number of amides is 1. The van der Waals surface area contributed by atoms with E-state index in [4.69, 9.17) is 0 Å². The smallest absolute Gasteiger partial charge is 0.243 e. The Hall–Kier alpha value is -1.77. The van der Waals surface area contributed by atoms with Crippen molar-refractivity contribution in [2.45, 2.75) is 51.0 Å². The lowest BCUT2D eigenvalue weighted by Gasteiger charge is -2.26. The summed E-state index contributed by atoms with van der Waals surface area (Å²) in [7, 11) is -3.56. The number of fused-ring (bicyclic) bond motifs is 1. The molecule has 1 N–H and O–H groups in total. The van der Waals surface area contributed by atoms with Gasteiger partial charge in [-0.05, 0) is 23.1 Å². The van der Waals surface area contributed by atoms with Crippen LogP contribution in [0.3, 0.4) is 0 Å². The first kappa shape index (κ1) is 19.0. The van der Waals surface area contributed by atoms with Gasteiger partial charge < -0.3 is 5.32 Å². The van der Waals surface area contributed by atoms with Crippen LogP contribution in [0.4, 0.5) is 5.13 Å². The lowest BCUT2D eigenvalue weighted by molar-refractivity contribution is -0.114. The van der Waals surface area contributed by atoms with Crippen LogP contribution in [-0.4, -0.2) is 30.2 Å². The van der Waals surface area contributed by atoms with Crippen LogP contribution in [0.15, 0.2) is 29.2 Å². The molecule has 140 valence electrons. The lowest BCUT2D eigenvalue weighted by atomic mass is 9.87. The van der Waals surface area contributed by atoms with E-state index in [-0.39, 0.29) is 17.9 Å². The topological polar surface area (TPSA) is 79.4 Å². The molecule has 0 aliphatic carbocycles. The van der Waals surface area contributed by atoms with E-state index in [1.807, 2.05) is 12.1 Å². The summed E-state index contributed by atoms with van der Waals surface area (Å²) in [5, 5.41) is 3.19. The van der Waals surface area contributed by atoms with Gasteiger partial charge in [-0.25, -0.2) is 13.4 Å². The number of hydrogen-bond acceptors (Lipinski definition) is 5. The summed E-state index contributed by atoms with van der Waals surface area (Å²) in [6, 6.07) is 7.12. The molecule has 0 unspecified atom stereocenters. The Labute approximate surface area is 158 Å². The molecule has 1 amide bonds. The highest BCUT2D eigenvalue weighted by molar-refractivity contribution is 7.89. The molecule has 1 aromatic carbocycles. The lowest BCUT2D eigenvalue weighted by Crippen LogP contribution is -2.35. The van der Waals surface area contributed by atoms with E-state index < -0.39 is 10.0 Å². The zero-order valence-corrected chi connectivity index (χ0v) is 17.0. The zero-order chi connectivity index (χ0) is 19.1. The van der Waals surface area contributed by atoms with Crippen LogP contribution in [0.25, 0.3) is 0 Å². The molecule has 0 spiro atoms. The van der Waals surface area contributed by atoms with Gasteiger partial charge in [0.1, 0.15) is 0 Å². The van der Waals surface area contributed by atoms with Gasteiger partial charge in [0.05, 0.1) is 17.1 Å². The summed E-state index contributed by atoms with van der Waals surface area (Å²) in [6.45, 7) is 8.39. The van der Waals surface area contributed by atoms with E-state index in [0.29, 0.717) is 23.0 Å². The molecular formula is C18H23N3O3S2. The molecule has 0 radical (unpaired) electrons. The number of benzene rings is 1. The third-order valence-corrected chi connectivity index (χ3v) is 7.19. The summed E-state index contributed by atoms with van der Waals surface area (Å²) < 4.78 is 27.4. The van der Waals surface area contributed by atoms with Gasteiger partial charge in [0, 0.05) is 24.8 Å². The van der Waals surface area contributed by atoms with Crippen molar-refractivity contribution in [2.75, 3.05) is 11.9 Å². The molecule has 8 heteroatoms. The Balaban J connectivity index is 1.82. The van der Waals surface area contributed by atoms with Gasteiger partial charge in [-0.2, -0.15) is 4.31 Å². The van der Waals surface area contributed by atoms with Crippen molar-refractivity contribution in [1.82, 2.24) is 9.29 Å². The van der Waals surface area contributed by atoms with Crippen LogP contribution in [0, 0.1) is 0 Å². The van der Waals surface area contributed by atoms with Crippen LogP contribution >= 0.6 is 11.3 Å². The van der Waals surface area contributed by atoms with Crippen molar-refractivity contribution in [3.63, 3.8) is 0 Å². The monoisotopic (exact) mass is 393 g/mol. The molecule has 1 aromatic heterocycles. The maximum absolute atomic E-state index is 13.0. The maximum atomic E-state index is 13.0. The molecule has 0 atom stereocenters. The van der Waals surface area contributed by atoms with Crippen molar-refractivity contribution in [3.05, 3.63) is 40.4 Å². The van der Waals surface area contributed by atoms with Gasteiger partial charge in [0.15, 0.2) is 5.13 Å². The third kappa shape index (κ3) is 3.82. The predicted octanol–water partition coefficient (Wildman–Crippen LogP) is 3.15. The van der Waals surface area contributed by atoms with Crippen molar-refractivity contribution in [1.29, 1.82) is 0 Å². The van der Waals surface area contributed by atoms with Crippen molar-refractivity contribution >= 4 is 32.4 Å². The van der Waals surface area contributed by atoms with Gasteiger partial charge in [0.25, 0.3) is 0 Å². The van der Waals surface area contributed by atoms with E-state index in [1.54, 1.807) is 12.1 Å². The first-order chi connectivity index (χ1) is 12.1. The first-order valence-electron chi connectivity index (χ1n) is 8.44. The number of thiazole rings is 1. The van der Waals surface area contributed by atoms with E-state index in [1.165, 1.54) is 22.6 Å². The second-order valence-corrected chi connectivity index (χ2v) is 10.5. The van der Waals surface area contributed by atoms with Crippen LogP contribution in [0.1, 0.15) is 43.8 Å². The molecule has 0 saturated heterocycles. The molecule has 0 bridgehead atoms. The number of hydrogen-bond donors (Lipinski definition) is 1. The van der Waals surface area contributed by atoms with Crippen LogP contribution in [-0.2, 0) is 33.2 Å². The Kier molecular flexibility index (Phi) is 4.94. The van der Waals surface area contributed by atoms with Gasteiger partial charge >= 0.3 is 0 Å². The molecule has 0 fully saturated rings. The van der Waals surface area contributed by atoms with Gasteiger partial charge in [-0.15, -0.1) is 11.3 Å². The van der Waals surface area contributed by atoms with E-state index in [9.17, 15) is 13.2 Å². The molecule has 26 heavy (non-hydrogen) atoms. The van der Waals surface area contributed by atoms with E-state index >= 15 is 0 Å². The predicted molar refractivity (Wildman–Crippen MR) is 103 cm³/mol. The molecular weight excluding hydrogens is 370 g/mol. The number of anilines is 1. The number of sulfonamides is 1. The zero-order valence-electron chi connectivity index (χ0n) is 15.4. The number of nitrogens with one attached hydrogen (secondary N) is 1. The van der Waals surface area contributed by atoms with Gasteiger partial charge in [-0.1, -0.05) is 32.9 Å². The fraction of sp³-hybridized carbons (Fsp3) is 0.444. The molecule has 2 heterocycles. The largest absolute Gasteiger partial charge is 0.302 e. The quantitative estimate of drug-likeness (QED) is 0.869. The second-order valence-electron chi connectivity index (χ2n) is 7.43. The number of carbonyl (C=O) groups is 1. The van der Waals surface area contributed by atoms with Crippen molar-refractivity contribution in [3.8, 4) is 0 Å². The average molecular weight is 394 g/mol. The van der Waals surface area contributed by atoms with Crippen LogP contribution in [0.5, 0.6) is 0 Å². The third-order valence-electron chi connectivity index (χ3n) is 4.34. The molecule has 6 nitrogen and oxygen atoms in total. The normalized spacial score (nSPS) is 15.5. The van der Waals surface area contributed by atoms with Crippen molar-refractivity contribution < 1.29 is 13.2 Å². The van der Waals surface area contributed by atoms with E-state index in [0.717, 1.165) is 16.1 Å². The average Bonchev–Trinajstić information content (AvgIpc) is 2.94.